The van der Waals surface area contributed by atoms with Gasteiger partial charge >= 0.3 is 11.9 Å². The van der Waals surface area contributed by atoms with Crippen LogP contribution in [0.15, 0.2) is 18.3 Å². The molecule has 1 fully saturated rings. The predicted molar refractivity (Wildman–Crippen MR) is 81.0 cm³/mol. The first-order valence-corrected chi connectivity index (χ1v) is 7.24. The highest BCUT2D eigenvalue weighted by Crippen LogP contribution is 2.17. The zero-order valence-corrected chi connectivity index (χ0v) is 12.6. The summed E-state index contributed by atoms with van der Waals surface area (Å²) in [6.45, 7) is 4.06. The average Bonchev–Trinajstić information content (AvgIpc) is 2.49. The second-order valence-electron chi connectivity index (χ2n) is 5.24. The SMILES string of the molecule is C[C@@H](O)Cc1ccc(N2CCCCC2)nc1.O=C(O)C(=O)O. The zero-order chi connectivity index (χ0) is 16.5. The number of nitrogens with zero attached hydrogens (tertiary/aromatic N) is 2. The van der Waals surface area contributed by atoms with Crippen LogP contribution in [0.4, 0.5) is 5.82 Å². The van der Waals surface area contributed by atoms with E-state index in [4.69, 9.17) is 19.8 Å². The van der Waals surface area contributed by atoms with Crippen molar-refractivity contribution < 1.29 is 24.9 Å². The number of piperidine rings is 1. The van der Waals surface area contributed by atoms with Crippen LogP contribution in [0.1, 0.15) is 31.7 Å². The molecule has 122 valence electrons. The molecule has 0 saturated carbocycles. The topological polar surface area (TPSA) is 111 Å². The Kier molecular flexibility index (Phi) is 7.31. The number of pyridine rings is 1. The Morgan fingerprint density at radius 1 is 1.18 bits per heavy atom. The molecule has 0 aliphatic carbocycles. The minimum Gasteiger partial charge on any atom is -0.473 e. The van der Waals surface area contributed by atoms with Crippen LogP contribution in [0.25, 0.3) is 0 Å². The maximum absolute atomic E-state index is 9.29. The highest BCUT2D eigenvalue weighted by atomic mass is 16.4. The standard InChI is InChI=1S/C13H20N2O.C2H2O4/c1-11(16)9-12-5-6-13(14-10-12)15-7-3-2-4-8-15;3-1(4)2(5)6/h5-6,10-11,16H,2-4,7-9H2,1H3;(H,3,4)(H,5,6)/t11-;/m1./s1. The lowest BCUT2D eigenvalue weighted by atomic mass is 10.1. The van der Waals surface area contributed by atoms with E-state index in [0.29, 0.717) is 6.42 Å². The number of aliphatic hydroxyl groups excluding tert-OH is 1. The van der Waals surface area contributed by atoms with Crippen molar-refractivity contribution in [1.29, 1.82) is 0 Å². The molecule has 1 aromatic heterocycles. The van der Waals surface area contributed by atoms with E-state index in [1.54, 1.807) is 6.92 Å². The lowest BCUT2D eigenvalue weighted by Gasteiger charge is -2.27. The first kappa shape index (κ1) is 17.9. The normalized spacial score (nSPS) is 15.5. The number of rotatable bonds is 3. The van der Waals surface area contributed by atoms with Crippen molar-refractivity contribution >= 4 is 17.8 Å². The average molecular weight is 310 g/mol. The Bertz CT molecular complexity index is 469. The molecule has 7 nitrogen and oxygen atoms in total. The van der Waals surface area contributed by atoms with Gasteiger partial charge in [0.25, 0.3) is 0 Å². The Hall–Kier alpha value is -2.15. The summed E-state index contributed by atoms with van der Waals surface area (Å²) in [5, 5.41) is 24.1. The fourth-order valence-corrected chi connectivity index (χ4v) is 2.19. The Labute approximate surface area is 129 Å². The van der Waals surface area contributed by atoms with E-state index in [2.05, 4.69) is 22.0 Å². The lowest BCUT2D eigenvalue weighted by Crippen LogP contribution is -2.30. The van der Waals surface area contributed by atoms with E-state index in [9.17, 15) is 5.11 Å². The van der Waals surface area contributed by atoms with Gasteiger partial charge in [0.15, 0.2) is 0 Å². The van der Waals surface area contributed by atoms with Gasteiger partial charge in [-0.2, -0.15) is 0 Å². The van der Waals surface area contributed by atoms with Crippen LogP contribution in [-0.2, 0) is 16.0 Å². The van der Waals surface area contributed by atoms with Crippen LogP contribution in [0.5, 0.6) is 0 Å². The maximum atomic E-state index is 9.29. The van der Waals surface area contributed by atoms with Crippen molar-refractivity contribution in [1.82, 2.24) is 4.98 Å². The van der Waals surface area contributed by atoms with E-state index in [1.807, 2.05) is 6.20 Å². The summed E-state index contributed by atoms with van der Waals surface area (Å²) in [6.07, 6.45) is 6.18. The summed E-state index contributed by atoms with van der Waals surface area (Å²) in [5.74, 6) is -2.57. The minimum absolute atomic E-state index is 0.289. The molecule has 1 saturated heterocycles. The molecule has 1 atom stereocenters. The molecule has 2 heterocycles. The second kappa shape index (κ2) is 8.99. The molecule has 3 N–H and O–H groups in total. The smallest absolute Gasteiger partial charge is 0.414 e. The monoisotopic (exact) mass is 310 g/mol. The molecule has 0 radical (unpaired) electrons. The third-order valence-electron chi connectivity index (χ3n) is 3.20. The largest absolute Gasteiger partial charge is 0.473 e. The molecule has 0 spiro atoms. The van der Waals surface area contributed by atoms with Gasteiger partial charge in [0.1, 0.15) is 5.82 Å². The van der Waals surface area contributed by atoms with Gasteiger partial charge < -0.3 is 20.2 Å². The number of aliphatic carboxylic acids is 2. The maximum Gasteiger partial charge on any atom is 0.414 e. The molecule has 22 heavy (non-hydrogen) atoms. The molecular formula is C15H22N2O5. The van der Waals surface area contributed by atoms with E-state index in [1.165, 1.54) is 19.3 Å². The van der Waals surface area contributed by atoms with E-state index in [-0.39, 0.29) is 6.10 Å². The van der Waals surface area contributed by atoms with Crippen molar-refractivity contribution in [2.45, 2.75) is 38.7 Å². The van der Waals surface area contributed by atoms with Gasteiger partial charge in [-0.25, -0.2) is 14.6 Å². The van der Waals surface area contributed by atoms with Crippen LogP contribution in [0.2, 0.25) is 0 Å². The summed E-state index contributed by atoms with van der Waals surface area (Å²) in [5.41, 5.74) is 1.11. The Morgan fingerprint density at radius 2 is 1.77 bits per heavy atom. The summed E-state index contributed by atoms with van der Waals surface area (Å²) < 4.78 is 0. The van der Waals surface area contributed by atoms with Crippen LogP contribution in [0, 0.1) is 0 Å². The van der Waals surface area contributed by atoms with Crippen molar-refractivity contribution in [3.8, 4) is 0 Å². The van der Waals surface area contributed by atoms with E-state index in [0.717, 1.165) is 24.5 Å². The van der Waals surface area contributed by atoms with Crippen LogP contribution >= 0.6 is 0 Å². The van der Waals surface area contributed by atoms with E-state index >= 15 is 0 Å². The van der Waals surface area contributed by atoms with Gasteiger partial charge in [-0.05, 0) is 44.2 Å². The second-order valence-corrected chi connectivity index (χ2v) is 5.24. The summed E-state index contributed by atoms with van der Waals surface area (Å²) in [4.78, 5) is 25.0. The Morgan fingerprint density at radius 3 is 2.18 bits per heavy atom. The summed E-state index contributed by atoms with van der Waals surface area (Å²) >= 11 is 0. The molecule has 0 unspecified atom stereocenters. The molecule has 0 bridgehead atoms. The molecule has 7 heteroatoms. The first-order valence-electron chi connectivity index (χ1n) is 7.24. The molecule has 0 aromatic carbocycles. The Balaban J connectivity index is 0.000000346. The number of hydrogen-bond acceptors (Lipinski definition) is 5. The number of aliphatic hydroxyl groups is 1. The summed E-state index contributed by atoms with van der Waals surface area (Å²) in [6, 6.07) is 4.15. The van der Waals surface area contributed by atoms with Crippen molar-refractivity contribution in [3.05, 3.63) is 23.9 Å². The van der Waals surface area contributed by atoms with Gasteiger partial charge in [-0.1, -0.05) is 6.07 Å². The van der Waals surface area contributed by atoms with Gasteiger partial charge in [0.05, 0.1) is 6.10 Å². The third-order valence-corrected chi connectivity index (χ3v) is 3.20. The lowest BCUT2D eigenvalue weighted by molar-refractivity contribution is -0.159. The quantitative estimate of drug-likeness (QED) is 0.718. The van der Waals surface area contributed by atoms with Crippen molar-refractivity contribution in [2.75, 3.05) is 18.0 Å². The fourth-order valence-electron chi connectivity index (χ4n) is 2.19. The number of carboxylic acid groups (broad SMARTS) is 2. The van der Waals surface area contributed by atoms with Crippen molar-refractivity contribution in [2.24, 2.45) is 0 Å². The summed E-state index contributed by atoms with van der Waals surface area (Å²) in [7, 11) is 0. The molecular weight excluding hydrogens is 288 g/mol. The van der Waals surface area contributed by atoms with Crippen LogP contribution in [0.3, 0.4) is 0 Å². The first-order chi connectivity index (χ1) is 10.4. The molecule has 1 aromatic rings. The number of carboxylic acids is 2. The van der Waals surface area contributed by atoms with Crippen molar-refractivity contribution in [3.63, 3.8) is 0 Å². The molecule has 0 amide bonds. The van der Waals surface area contributed by atoms with Gasteiger partial charge in [-0.3, -0.25) is 0 Å². The molecule has 2 rings (SSSR count). The molecule has 1 aliphatic rings. The van der Waals surface area contributed by atoms with Crippen LogP contribution < -0.4 is 4.90 Å². The van der Waals surface area contributed by atoms with Gasteiger partial charge in [0.2, 0.25) is 0 Å². The van der Waals surface area contributed by atoms with Crippen LogP contribution in [-0.4, -0.2) is 51.4 Å². The van der Waals surface area contributed by atoms with E-state index < -0.39 is 11.9 Å². The number of carbonyl (C=O) groups is 2. The predicted octanol–water partition coefficient (Wildman–Crippen LogP) is 1.15. The number of anilines is 1. The highest BCUT2D eigenvalue weighted by Gasteiger charge is 2.11. The zero-order valence-electron chi connectivity index (χ0n) is 12.6. The minimum atomic E-state index is -1.82. The van der Waals surface area contributed by atoms with Gasteiger partial charge in [0, 0.05) is 19.3 Å². The number of hydrogen-bond donors (Lipinski definition) is 3. The molecule has 1 aliphatic heterocycles. The third kappa shape index (κ3) is 6.53. The fraction of sp³-hybridized carbons (Fsp3) is 0.533. The highest BCUT2D eigenvalue weighted by molar-refractivity contribution is 6.27. The number of aromatic nitrogens is 1. The van der Waals surface area contributed by atoms with Gasteiger partial charge in [-0.15, -0.1) is 0 Å².